The summed E-state index contributed by atoms with van der Waals surface area (Å²) in [6, 6.07) is 4.08. The van der Waals surface area contributed by atoms with Crippen LogP contribution in [0, 0.1) is 0 Å². The molecule has 0 saturated heterocycles. The van der Waals surface area contributed by atoms with Crippen molar-refractivity contribution in [1.82, 2.24) is 15.0 Å². The molecule has 14 heavy (non-hydrogen) atoms. The van der Waals surface area contributed by atoms with Gasteiger partial charge in [-0.15, -0.1) is 11.3 Å². The Kier molecular flexibility index (Phi) is 1.61. The Morgan fingerprint density at radius 1 is 1.36 bits per heavy atom. The summed E-state index contributed by atoms with van der Waals surface area (Å²) in [7, 11) is 0. The first-order chi connectivity index (χ1) is 6.93. The van der Waals surface area contributed by atoms with Gasteiger partial charge in [0.1, 0.15) is 0 Å². The van der Waals surface area contributed by atoms with Gasteiger partial charge in [-0.2, -0.15) is 0 Å². The Labute approximate surface area is 84.5 Å². The number of nitrogens with one attached hydrogen (secondary N) is 1. The molecule has 0 saturated carbocycles. The lowest BCUT2D eigenvalue weighted by Crippen LogP contribution is -1.74. The molecule has 3 nitrogen and oxygen atoms in total. The molecule has 0 bridgehead atoms. The number of rotatable bonds is 1. The third-order valence-electron chi connectivity index (χ3n) is 2.13. The molecule has 0 spiro atoms. The summed E-state index contributed by atoms with van der Waals surface area (Å²) in [6.45, 7) is 0. The standard InChI is InChI=1S/C10H7N3S/c1-2-11-4-9-7(1)3-8(13-9)10-5-14-6-12-10/h1-6,13H. The Morgan fingerprint density at radius 3 is 3.14 bits per heavy atom. The molecule has 0 aliphatic heterocycles. The Hall–Kier alpha value is -1.68. The van der Waals surface area contributed by atoms with Crippen molar-refractivity contribution in [3.05, 3.63) is 35.4 Å². The minimum absolute atomic E-state index is 0.992. The quantitative estimate of drug-likeness (QED) is 0.657. The van der Waals surface area contributed by atoms with Gasteiger partial charge in [-0.05, 0) is 12.1 Å². The van der Waals surface area contributed by atoms with E-state index < -0.39 is 0 Å². The molecule has 3 heterocycles. The number of thiazole rings is 1. The van der Waals surface area contributed by atoms with E-state index in [1.165, 1.54) is 5.39 Å². The fourth-order valence-corrected chi connectivity index (χ4v) is 2.01. The van der Waals surface area contributed by atoms with Crippen molar-refractivity contribution in [3.63, 3.8) is 0 Å². The highest BCUT2D eigenvalue weighted by atomic mass is 32.1. The zero-order valence-corrected chi connectivity index (χ0v) is 8.08. The number of pyridine rings is 1. The van der Waals surface area contributed by atoms with Crippen LogP contribution in [-0.2, 0) is 0 Å². The maximum absolute atomic E-state index is 4.25. The number of aromatic nitrogens is 3. The molecule has 0 aromatic carbocycles. The third-order valence-corrected chi connectivity index (χ3v) is 2.72. The summed E-state index contributed by atoms with van der Waals surface area (Å²) in [4.78, 5) is 11.6. The first kappa shape index (κ1) is 7.70. The number of hydrogen-bond acceptors (Lipinski definition) is 3. The van der Waals surface area contributed by atoms with Crippen molar-refractivity contribution in [2.45, 2.75) is 0 Å². The molecule has 0 aliphatic rings. The Bertz CT molecular complexity index is 521. The van der Waals surface area contributed by atoms with Crippen LogP contribution in [0.15, 0.2) is 35.4 Å². The summed E-state index contributed by atoms with van der Waals surface area (Å²) < 4.78 is 0. The van der Waals surface area contributed by atoms with Gasteiger partial charge in [0.15, 0.2) is 0 Å². The molecule has 3 aromatic heterocycles. The molecule has 0 radical (unpaired) electrons. The van der Waals surface area contributed by atoms with Gasteiger partial charge in [0.25, 0.3) is 0 Å². The zero-order chi connectivity index (χ0) is 9.38. The Balaban J connectivity index is 2.24. The van der Waals surface area contributed by atoms with E-state index in [9.17, 15) is 0 Å². The van der Waals surface area contributed by atoms with E-state index in [0.29, 0.717) is 0 Å². The molecule has 1 N–H and O–H groups in total. The molecule has 0 unspecified atom stereocenters. The van der Waals surface area contributed by atoms with Gasteiger partial charge >= 0.3 is 0 Å². The first-order valence-electron chi connectivity index (χ1n) is 4.25. The normalized spacial score (nSPS) is 10.9. The number of aromatic amines is 1. The number of fused-ring (bicyclic) bond motifs is 1. The largest absolute Gasteiger partial charge is 0.352 e. The highest BCUT2D eigenvalue weighted by Crippen LogP contribution is 2.22. The average molecular weight is 201 g/mol. The van der Waals surface area contributed by atoms with E-state index in [0.717, 1.165) is 16.9 Å². The van der Waals surface area contributed by atoms with E-state index in [1.807, 2.05) is 23.2 Å². The minimum atomic E-state index is 0.992. The lowest BCUT2D eigenvalue weighted by molar-refractivity contribution is 1.32. The fraction of sp³-hybridized carbons (Fsp3) is 0. The van der Waals surface area contributed by atoms with Crippen molar-refractivity contribution in [2.75, 3.05) is 0 Å². The van der Waals surface area contributed by atoms with E-state index >= 15 is 0 Å². The van der Waals surface area contributed by atoms with Crippen molar-refractivity contribution in [1.29, 1.82) is 0 Å². The number of H-pyrrole nitrogens is 1. The average Bonchev–Trinajstić information content (AvgIpc) is 2.86. The maximum Gasteiger partial charge on any atom is 0.0973 e. The topological polar surface area (TPSA) is 41.6 Å². The summed E-state index contributed by atoms with van der Waals surface area (Å²) in [5, 5.41) is 3.20. The van der Waals surface area contributed by atoms with Crippen LogP contribution in [0.1, 0.15) is 0 Å². The van der Waals surface area contributed by atoms with Gasteiger partial charge in [0.2, 0.25) is 0 Å². The second kappa shape index (κ2) is 2.92. The van der Waals surface area contributed by atoms with Crippen LogP contribution in [0.2, 0.25) is 0 Å². The van der Waals surface area contributed by atoms with Crippen molar-refractivity contribution in [2.24, 2.45) is 0 Å². The molecular formula is C10H7N3S. The van der Waals surface area contributed by atoms with Crippen molar-refractivity contribution < 1.29 is 0 Å². The van der Waals surface area contributed by atoms with Gasteiger partial charge in [-0.3, -0.25) is 4.98 Å². The van der Waals surface area contributed by atoms with Crippen LogP contribution >= 0.6 is 11.3 Å². The summed E-state index contributed by atoms with van der Waals surface area (Å²) in [6.07, 6.45) is 3.62. The van der Waals surface area contributed by atoms with Gasteiger partial charge in [-0.1, -0.05) is 0 Å². The molecule has 0 fully saturated rings. The van der Waals surface area contributed by atoms with Gasteiger partial charge in [-0.25, -0.2) is 4.98 Å². The number of nitrogens with zero attached hydrogens (tertiary/aromatic N) is 2. The van der Waals surface area contributed by atoms with Crippen LogP contribution in [0.5, 0.6) is 0 Å². The second-order valence-corrected chi connectivity index (χ2v) is 3.74. The summed E-state index contributed by atoms with van der Waals surface area (Å²) in [5.74, 6) is 0. The molecule has 0 atom stereocenters. The SMILES string of the molecule is c1cc2cc(-c3cscn3)[nH]c2cn1. The highest BCUT2D eigenvalue weighted by molar-refractivity contribution is 7.07. The van der Waals surface area contributed by atoms with E-state index in [4.69, 9.17) is 0 Å². The van der Waals surface area contributed by atoms with Crippen LogP contribution in [0.3, 0.4) is 0 Å². The predicted octanol–water partition coefficient (Wildman–Crippen LogP) is 2.69. The minimum Gasteiger partial charge on any atom is -0.352 e. The molecule has 68 valence electrons. The third kappa shape index (κ3) is 1.12. The molecular weight excluding hydrogens is 194 g/mol. The maximum atomic E-state index is 4.25. The van der Waals surface area contributed by atoms with Crippen LogP contribution in [0.4, 0.5) is 0 Å². The first-order valence-corrected chi connectivity index (χ1v) is 5.19. The molecule has 3 aromatic rings. The molecule has 0 amide bonds. The molecule has 3 rings (SSSR count). The van der Waals surface area contributed by atoms with Crippen molar-refractivity contribution >= 4 is 22.2 Å². The highest BCUT2D eigenvalue weighted by Gasteiger charge is 2.03. The fourth-order valence-electron chi connectivity index (χ4n) is 1.46. The lowest BCUT2D eigenvalue weighted by atomic mass is 10.3. The Morgan fingerprint density at radius 2 is 2.36 bits per heavy atom. The van der Waals surface area contributed by atoms with Gasteiger partial charge in [0.05, 0.1) is 28.6 Å². The zero-order valence-electron chi connectivity index (χ0n) is 7.27. The van der Waals surface area contributed by atoms with Gasteiger partial charge < -0.3 is 4.98 Å². The predicted molar refractivity (Wildman–Crippen MR) is 57.2 cm³/mol. The summed E-state index contributed by atoms with van der Waals surface area (Å²) in [5.41, 5.74) is 4.93. The van der Waals surface area contributed by atoms with Crippen LogP contribution in [-0.4, -0.2) is 15.0 Å². The van der Waals surface area contributed by atoms with Crippen molar-refractivity contribution in [3.8, 4) is 11.4 Å². The summed E-state index contributed by atoms with van der Waals surface area (Å²) >= 11 is 1.60. The van der Waals surface area contributed by atoms with E-state index in [2.05, 4.69) is 21.0 Å². The van der Waals surface area contributed by atoms with E-state index in [-0.39, 0.29) is 0 Å². The molecule has 4 heteroatoms. The second-order valence-electron chi connectivity index (χ2n) is 3.02. The van der Waals surface area contributed by atoms with E-state index in [1.54, 1.807) is 17.5 Å². The van der Waals surface area contributed by atoms with Gasteiger partial charge in [0, 0.05) is 17.0 Å². The number of hydrogen-bond donors (Lipinski definition) is 1. The lowest BCUT2D eigenvalue weighted by Gasteiger charge is -1.87. The smallest absolute Gasteiger partial charge is 0.0973 e. The molecule has 0 aliphatic carbocycles. The van der Waals surface area contributed by atoms with Crippen LogP contribution < -0.4 is 0 Å². The monoisotopic (exact) mass is 201 g/mol. The van der Waals surface area contributed by atoms with Crippen LogP contribution in [0.25, 0.3) is 22.3 Å².